The summed E-state index contributed by atoms with van der Waals surface area (Å²) in [5, 5.41) is 9.39. The van der Waals surface area contributed by atoms with Crippen molar-refractivity contribution in [1.29, 1.82) is 0 Å². The fourth-order valence-electron chi connectivity index (χ4n) is 8.37. The summed E-state index contributed by atoms with van der Waals surface area (Å²) in [4.78, 5) is 34.4. The van der Waals surface area contributed by atoms with Gasteiger partial charge in [-0.15, -0.1) is 0 Å². The van der Waals surface area contributed by atoms with E-state index in [2.05, 4.69) is 71.0 Å². The van der Waals surface area contributed by atoms with E-state index in [-0.39, 0.29) is 16.9 Å². The number of aryl methyl sites for hydroxylation is 1. The lowest BCUT2D eigenvalue weighted by atomic mass is 9.70. The number of para-hydroxylation sites is 2. The molecule has 2 bridgehead atoms. The average molecular weight is 577 g/mol. The van der Waals surface area contributed by atoms with Crippen LogP contribution < -0.4 is 0 Å². The van der Waals surface area contributed by atoms with Gasteiger partial charge in [0.25, 0.3) is 5.91 Å². The number of rotatable bonds is 7. The van der Waals surface area contributed by atoms with Crippen LogP contribution >= 0.6 is 0 Å². The number of carbonyl (C=O) groups is 2. The van der Waals surface area contributed by atoms with E-state index >= 15 is 0 Å². The number of carboxylic acids is 1. The number of carboxylic acid groups (broad SMARTS) is 1. The summed E-state index contributed by atoms with van der Waals surface area (Å²) >= 11 is 0. The van der Waals surface area contributed by atoms with Gasteiger partial charge in [0, 0.05) is 36.8 Å². The maximum absolute atomic E-state index is 13.4. The maximum atomic E-state index is 13.4. The Morgan fingerprint density at radius 2 is 1.53 bits per heavy atom. The zero-order chi connectivity index (χ0) is 29.6. The van der Waals surface area contributed by atoms with Crippen LogP contribution in [0, 0.1) is 6.92 Å². The largest absolute Gasteiger partial charge is 0.478 e. The normalized spacial score (nSPS) is 23.5. The summed E-state index contributed by atoms with van der Waals surface area (Å²) in [7, 11) is 0. The summed E-state index contributed by atoms with van der Waals surface area (Å²) < 4.78 is 2.50. The van der Waals surface area contributed by atoms with Crippen LogP contribution in [0.4, 0.5) is 0 Å². The van der Waals surface area contributed by atoms with Crippen LogP contribution in [0.2, 0.25) is 0 Å². The minimum Gasteiger partial charge on any atom is -0.478 e. The Balaban J connectivity index is 1.06. The van der Waals surface area contributed by atoms with Crippen molar-refractivity contribution in [1.82, 2.24) is 19.4 Å². The van der Waals surface area contributed by atoms with Crippen LogP contribution in [0.1, 0.15) is 83.1 Å². The van der Waals surface area contributed by atoms with E-state index in [1.165, 1.54) is 48.9 Å². The molecule has 1 N–H and O–H groups in total. The quantitative estimate of drug-likeness (QED) is 0.273. The molecule has 0 aliphatic carbocycles. The number of benzene rings is 3. The zero-order valence-corrected chi connectivity index (χ0v) is 24.9. The Kier molecular flexibility index (Phi) is 7.29. The number of imidazole rings is 1. The van der Waals surface area contributed by atoms with Gasteiger partial charge >= 0.3 is 5.97 Å². The topological polar surface area (TPSA) is 78.7 Å². The molecule has 3 fully saturated rings. The van der Waals surface area contributed by atoms with Crippen molar-refractivity contribution in [3.8, 4) is 0 Å². The molecule has 3 aliphatic heterocycles. The molecule has 3 atom stereocenters. The van der Waals surface area contributed by atoms with E-state index < -0.39 is 5.97 Å². The van der Waals surface area contributed by atoms with Crippen LogP contribution in [0.15, 0.2) is 78.9 Å². The average Bonchev–Trinajstić information content (AvgIpc) is 3.50. The number of nitrogens with zero attached hydrogens (tertiary/aromatic N) is 4. The number of amides is 1. The SMILES string of the molecule is Cc1nc2ccccc2n1C1C[C@H]2CC[C@@H](C1)N2CCC1(c2ccccc2)CCN(C(=O)c2cccc(C(=O)O)c2)CC1. The molecular formula is C36H40N4O3. The van der Waals surface area contributed by atoms with Gasteiger partial charge in [-0.05, 0) is 99.7 Å². The van der Waals surface area contributed by atoms with E-state index in [0.717, 1.165) is 37.1 Å². The van der Waals surface area contributed by atoms with E-state index in [1.807, 2.05) is 4.90 Å². The van der Waals surface area contributed by atoms with Crippen molar-refractivity contribution in [2.45, 2.75) is 75.4 Å². The minimum absolute atomic E-state index is 0.0222. The summed E-state index contributed by atoms with van der Waals surface area (Å²) in [6, 6.07) is 27.5. The van der Waals surface area contributed by atoms with Crippen molar-refractivity contribution >= 4 is 22.9 Å². The Bertz CT molecular complexity index is 1620. The second-order valence-corrected chi connectivity index (χ2v) is 12.8. The second kappa shape index (κ2) is 11.3. The van der Waals surface area contributed by atoms with Crippen LogP contribution in [0.3, 0.4) is 0 Å². The van der Waals surface area contributed by atoms with Gasteiger partial charge in [-0.25, -0.2) is 9.78 Å². The van der Waals surface area contributed by atoms with Crippen molar-refractivity contribution in [2.75, 3.05) is 19.6 Å². The smallest absolute Gasteiger partial charge is 0.335 e. The first-order valence-corrected chi connectivity index (χ1v) is 15.8. The standard InChI is InChI=1S/C36H40N4O3/c1-25-37-32-12-5-6-13-33(32)40(25)31-23-29-14-15-30(24-31)39(29)21-18-36(28-10-3-2-4-11-28)16-19-38(20-17-36)34(41)26-8-7-9-27(22-26)35(42)43/h2-13,22,29-31H,14-21,23-24H2,1H3,(H,42,43)/t29-,30+,31?. The number of hydrogen-bond acceptors (Lipinski definition) is 4. The lowest BCUT2D eigenvalue weighted by Gasteiger charge is -2.45. The second-order valence-electron chi connectivity index (χ2n) is 12.8. The first-order chi connectivity index (χ1) is 20.9. The molecule has 0 radical (unpaired) electrons. The Morgan fingerprint density at radius 1 is 0.860 bits per heavy atom. The number of hydrogen-bond donors (Lipinski definition) is 1. The number of piperidine rings is 2. The van der Waals surface area contributed by atoms with Gasteiger partial charge < -0.3 is 14.6 Å². The molecule has 1 unspecified atom stereocenters. The predicted octanol–water partition coefficient (Wildman–Crippen LogP) is 6.48. The van der Waals surface area contributed by atoms with E-state index in [1.54, 1.807) is 12.1 Å². The van der Waals surface area contributed by atoms with Crippen LogP contribution in [0.25, 0.3) is 11.0 Å². The van der Waals surface area contributed by atoms with Gasteiger partial charge in [-0.2, -0.15) is 0 Å². The predicted molar refractivity (Wildman–Crippen MR) is 168 cm³/mol. The molecule has 0 saturated carbocycles. The first kappa shape index (κ1) is 27.8. The lowest BCUT2D eigenvalue weighted by Crippen LogP contribution is -2.49. The van der Waals surface area contributed by atoms with Crippen LogP contribution in [-0.4, -0.2) is 68.1 Å². The van der Waals surface area contributed by atoms with Gasteiger partial charge in [-0.3, -0.25) is 9.69 Å². The van der Waals surface area contributed by atoms with E-state index in [0.29, 0.717) is 36.8 Å². The molecule has 4 aromatic rings. The molecule has 4 heterocycles. The molecule has 0 spiro atoms. The summed E-state index contributed by atoms with van der Waals surface area (Å²) in [6.07, 6.45) is 7.78. The van der Waals surface area contributed by atoms with Crippen molar-refractivity contribution in [3.05, 3.63) is 101 Å². The minimum atomic E-state index is -1.01. The van der Waals surface area contributed by atoms with Gasteiger partial charge in [0.05, 0.1) is 16.6 Å². The lowest BCUT2D eigenvalue weighted by molar-refractivity contribution is 0.0607. The molecule has 222 valence electrons. The number of aromatic nitrogens is 2. The van der Waals surface area contributed by atoms with Crippen LogP contribution in [0.5, 0.6) is 0 Å². The van der Waals surface area contributed by atoms with Gasteiger partial charge in [0.2, 0.25) is 0 Å². The van der Waals surface area contributed by atoms with Gasteiger partial charge in [0.15, 0.2) is 0 Å². The highest BCUT2D eigenvalue weighted by Crippen LogP contribution is 2.45. The van der Waals surface area contributed by atoms with Gasteiger partial charge in [0.1, 0.15) is 5.82 Å². The molecule has 7 nitrogen and oxygen atoms in total. The molecule has 7 rings (SSSR count). The molecule has 3 aromatic carbocycles. The van der Waals surface area contributed by atoms with Gasteiger partial charge in [-0.1, -0.05) is 48.5 Å². The highest BCUT2D eigenvalue weighted by atomic mass is 16.4. The number of carbonyl (C=O) groups excluding carboxylic acids is 1. The zero-order valence-electron chi connectivity index (χ0n) is 24.9. The van der Waals surface area contributed by atoms with E-state index in [9.17, 15) is 14.7 Å². The third-order valence-corrected chi connectivity index (χ3v) is 10.6. The number of fused-ring (bicyclic) bond motifs is 3. The summed E-state index contributed by atoms with van der Waals surface area (Å²) in [5.41, 5.74) is 4.35. The third-order valence-electron chi connectivity index (χ3n) is 10.6. The summed E-state index contributed by atoms with van der Waals surface area (Å²) in [6.45, 7) is 4.58. The number of aromatic carboxylic acids is 1. The van der Waals surface area contributed by atoms with E-state index in [4.69, 9.17) is 4.98 Å². The Hall–Kier alpha value is -3.97. The molecule has 1 aromatic heterocycles. The Labute approximate surface area is 253 Å². The number of likely N-dealkylation sites (tertiary alicyclic amines) is 1. The molecule has 7 heteroatoms. The maximum Gasteiger partial charge on any atom is 0.335 e. The molecule has 43 heavy (non-hydrogen) atoms. The summed E-state index contributed by atoms with van der Waals surface area (Å²) in [5.74, 6) is 0.0353. The highest BCUT2D eigenvalue weighted by molar-refractivity contribution is 5.97. The van der Waals surface area contributed by atoms with Crippen LogP contribution in [-0.2, 0) is 5.41 Å². The fourth-order valence-corrected chi connectivity index (χ4v) is 8.37. The fraction of sp³-hybridized carbons (Fsp3) is 0.417. The first-order valence-electron chi connectivity index (χ1n) is 15.8. The van der Waals surface area contributed by atoms with Crippen molar-refractivity contribution in [3.63, 3.8) is 0 Å². The Morgan fingerprint density at radius 3 is 2.26 bits per heavy atom. The molecule has 3 saturated heterocycles. The molecule has 1 amide bonds. The van der Waals surface area contributed by atoms with Crippen molar-refractivity contribution in [2.24, 2.45) is 0 Å². The monoisotopic (exact) mass is 576 g/mol. The molecule has 3 aliphatic rings. The molecular weight excluding hydrogens is 536 g/mol. The highest BCUT2D eigenvalue weighted by Gasteiger charge is 2.44. The van der Waals surface area contributed by atoms with Crippen molar-refractivity contribution < 1.29 is 14.7 Å². The third kappa shape index (κ3) is 5.14.